The Kier molecular flexibility index (Phi) is 3.86. The first-order valence-electron chi connectivity index (χ1n) is 4.69. The molecule has 0 radical (unpaired) electrons. The largest absolute Gasteiger partial charge is 0.256 e. The quantitative estimate of drug-likeness (QED) is 0.685. The molecule has 0 amide bonds. The van der Waals surface area contributed by atoms with Gasteiger partial charge in [0.05, 0.1) is 5.69 Å². The van der Waals surface area contributed by atoms with Gasteiger partial charge in [-0.05, 0) is 36.4 Å². The van der Waals surface area contributed by atoms with E-state index in [9.17, 15) is 0 Å². The van der Waals surface area contributed by atoms with Crippen molar-refractivity contribution in [3.8, 4) is 0 Å². The zero-order chi connectivity index (χ0) is 10.4. The second-order valence-electron chi connectivity index (χ2n) is 2.92. The number of allylic oxidation sites excluding steroid dienone is 2. The van der Waals surface area contributed by atoms with Crippen LogP contribution < -0.4 is 10.4 Å². The molecule has 1 aromatic heterocycles. The topological polar surface area (TPSA) is 12.9 Å². The van der Waals surface area contributed by atoms with Crippen LogP contribution in [0.2, 0.25) is 0 Å². The third-order valence-corrected chi connectivity index (χ3v) is 1.98. The van der Waals surface area contributed by atoms with Gasteiger partial charge < -0.3 is 0 Å². The molecule has 1 aromatic rings. The first kappa shape index (κ1) is 10.5. The molecular formula is C13H15N. The first-order valence-corrected chi connectivity index (χ1v) is 4.69. The summed E-state index contributed by atoms with van der Waals surface area (Å²) in [6.07, 6.45) is 11.8. The predicted molar refractivity (Wildman–Crippen MR) is 63.0 cm³/mol. The molecule has 0 bridgehead atoms. The van der Waals surface area contributed by atoms with Crippen LogP contribution in [-0.2, 0) is 0 Å². The standard InChI is InChI=1S/C13H15N/c1-4-7-8-12-9-13(6-3)14-10-11(12)5-2/h4-10H,3H2,1-2H3/b7-4-,11-5-,12-8-. The number of hydrogen-bond donors (Lipinski definition) is 0. The molecule has 0 N–H and O–H groups in total. The molecule has 0 saturated heterocycles. The zero-order valence-corrected chi connectivity index (χ0v) is 8.70. The molecule has 0 atom stereocenters. The third kappa shape index (κ3) is 2.43. The average molecular weight is 185 g/mol. The van der Waals surface area contributed by atoms with Crippen LogP contribution in [0.4, 0.5) is 0 Å². The van der Waals surface area contributed by atoms with E-state index in [2.05, 4.69) is 23.7 Å². The van der Waals surface area contributed by atoms with Gasteiger partial charge in [0, 0.05) is 6.20 Å². The van der Waals surface area contributed by atoms with Crippen LogP contribution in [0.3, 0.4) is 0 Å². The molecule has 72 valence electrons. The van der Waals surface area contributed by atoms with Crippen LogP contribution >= 0.6 is 0 Å². The van der Waals surface area contributed by atoms with E-state index in [0.29, 0.717) is 0 Å². The summed E-state index contributed by atoms with van der Waals surface area (Å²) in [5.41, 5.74) is 0.909. The summed E-state index contributed by atoms with van der Waals surface area (Å²) in [5, 5.41) is 2.32. The van der Waals surface area contributed by atoms with Crippen LogP contribution in [0.1, 0.15) is 19.5 Å². The van der Waals surface area contributed by atoms with E-state index in [1.807, 2.05) is 38.3 Å². The first-order chi connectivity index (χ1) is 6.81. The Morgan fingerprint density at radius 1 is 1.29 bits per heavy atom. The molecule has 0 aliphatic rings. The fourth-order valence-corrected chi connectivity index (χ4v) is 1.20. The highest BCUT2D eigenvalue weighted by Crippen LogP contribution is 1.87. The smallest absolute Gasteiger partial charge is 0.0630 e. The number of pyridine rings is 1. The van der Waals surface area contributed by atoms with Gasteiger partial charge in [0.1, 0.15) is 0 Å². The molecule has 0 saturated carbocycles. The molecule has 14 heavy (non-hydrogen) atoms. The van der Waals surface area contributed by atoms with Crippen LogP contribution in [-0.4, -0.2) is 4.98 Å². The van der Waals surface area contributed by atoms with E-state index < -0.39 is 0 Å². The Morgan fingerprint density at radius 3 is 2.64 bits per heavy atom. The van der Waals surface area contributed by atoms with Crippen molar-refractivity contribution >= 4 is 18.2 Å². The van der Waals surface area contributed by atoms with Crippen molar-refractivity contribution in [2.24, 2.45) is 0 Å². The molecular weight excluding hydrogens is 170 g/mol. The normalized spacial score (nSPS) is 13.9. The summed E-state index contributed by atoms with van der Waals surface area (Å²) in [6.45, 7) is 7.72. The van der Waals surface area contributed by atoms with E-state index in [1.54, 1.807) is 6.08 Å². The molecule has 1 heteroatoms. The Balaban J connectivity index is 3.44. The van der Waals surface area contributed by atoms with Crippen molar-refractivity contribution in [3.05, 3.63) is 47.1 Å². The van der Waals surface area contributed by atoms with E-state index in [-0.39, 0.29) is 0 Å². The van der Waals surface area contributed by atoms with Gasteiger partial charge in [0.2, 0.25) is 0 Å². The average Bonchev–Trinajstić information content (AvgIpc) is 2.25. The van der Waals surface area contributed by atoms with Gasteiger partial charge in [0.15, 0.2) is 0 Å². The summed E-state index contributed by atoms with van der Waals surface area (Å²) >= 11 is 0. The summed E-state index contributed by atoms with van der Waals surface area (Å²) in [7, 11) is 0. The van der Waals surface area contributed by atoms with Gasteiger partial charge in [-0.2, -0.15) is 0 Å². The minimum absolute atomic E-state index is 0.909. The van der Waals surface area contributed by atoms with Crippen LogP contribution in [0.5, 0.6) is 0 Å². The Labute approximate surface area is 84.8 Å². The molecule has 0 aliphatic carbocycles. The van der Waals surface area contributed by atoms with E-state index in [1.165, 1.54) is 5.22 Å². The second-order valence-corrected chi connectivity index (χ2v) is 2.92. The van der Waals surface area contributed by atoms with Crippen molar-refractivity contribution < 1.29 is 0 Å². The summed E-state index contributed by atoms with van der Waals surface area (Å²) in [4.78, 5) is 4.24. The van der Waals surface area contributed by atoms with Crippen molar-refractivity contribution in [2.75, 3.05) is 0 Å². The maximum absolute atomic E-state index is 4.24. The minimum Gasteiger partial charge on any atom is -0.256 e. The Hall–Kier alpha value is -1.63. The lowest BCUT2D eigenvalue weighted by Crippen LogP contribution is -2.24. The van der Waals surface area contributed by atoms with Gasteiger partial charge in [-0.3, -0.25) is 4.98 Å². The van der Waals surface area contributed by atoms with Crippen molar-refractivity contribution in [1.29, 1.82) is 0 Å². The van der Waals surface area contributed by atoms with Crippen LogP contribution in [0.15, 0.2) is 31.0 Å². The second kappa shape index (κ2) is 5.18. The minimum atomic E-state index is 0.909. The van der Waals surface area contributed by atoms with Crippen molar-refractivity contribution in [2.45, 2.75) is 13.8 Å². The Bertz CT molecular complexity index is 453. The van der Waals surface area contributed by atoms with Crippen molar-refractivity contribution in [1.82, 2.24) is 4.98 Å². The van der Waals surface area contributed by atoms with Gasteiger partial charge >= 0.3 is 0 Å². The molecule has 0 unspecified atom stereocenters. The summed E-state index contributed by atoms with van der Waals surface area (Å²) in [5.74, 6) is 0. The molecule has 0 aliphatic heterocycles. The maximum Gasteiger partial charge on any atom is 0.0630 e. The van der Waals surface area contributed by atoms with E-state index in [0.717, 1.165) is 10.9 Å². The van der Waals surface area contributed by atoms with E-state index in [4.69, 9.17) is 0 Å². The lowest BCUT2D eigenvalue weighted by atomic mass is 10.2. The lowest BCUT2D eigenvalue weighted by molar-refractivity contribution is 1.24. The molecule has 0 spiro atoms. The van der Waals surface area contributed by atoms with Gasteiger partial charge in [0.25, 0.3) is 0 Å². The molecule has 0 aromatic carbocycles. The molecule has 1 heterocycles. The number of hydrogen-bond acceptors (Lipinski definition) is 1. The number of rotatable bonds is 2. The highest BCUT2D eigenvalue weighted by Gasteiger charge is 1.87. The van der Waals surface area contributed by atoms with Gasteiger partial charge in [-0.1, -0.05) is 30.9 Å². The molecule has 1 rings (SSSR count). The van der Waals surface area contributed by atoms with Gasteiger partial charge in [-0.25, -0.2) is 0 Å². The molecule has 0 fully saturated rings. The van der Waals surface area contributed by atoms with E-state index >= 15 is 0 Å². The molecule has 1 nitrogen and oxygen atoms in total. The maximum atomic E-state index is 4.24. The van der Waals surface area contributed by atoms with Gasteiger partial charge in [-0.15, -0.1) is 0 Å². The third-order valence-electron chi connectivity index (χ3n) is 1.98. The fraction of sp³-hybridized carbons (Fsp3) is 0.154. The Morgan fingerprint density at radius 2 is 2.07 bits per heavy atom. The van der Waals surface area contributed by atoms with Crippen LogP contribution in [0.25, 0.3) is 18.2 Å². The summed E-state index contributed by atoms with van der Waals surface area (Å²) in [6, 6.07) is 2.03. The van der Waals surface area contributed by atoms with Crippen LogP contribution in [0, 0.1) is 0 Å². The predicted octanol–water partition coefficient (Wildman–Crippen LogP) is 1.88. The zero-order valence-electron chi connectivity index (χ0n) is 8.70. The highest BCUT2D eigenvalue weighted by molar-refractivity contribution is 5.45. The fourth-order valence-electron chi connectivity index (χ4n) is 1.20. The lowest BCUT2D eigenvalue weighted by Gasteiger charge is -1.92. The SMILES string of the molecule is C=Cc1cc(=C/C=C\C)/c(=C\C)cn1. The number of nitrogens with zero attached hydrogens (tertiary/aromatic N) is 1. The van der Waals surface area contributed by atoms with Crippen molar-refractivity contribution in [3.63, 3.8) is 0 Å². The highest BCUT2D eigenvalue weighted by atomic mass is 14.7. The number of aromatic nitrogens is 1. The summed E-state index contributed by atoms with van der Waals surface area (Å²) < 4.78 is 0. The monoisotopic (exact) mass is 185 g/mol.